The summed E-state index contributed by atoms with van der Waals surface area (Å²) in [6.45, 7) is 4.57. The zero-order valence-corrected chi connectivity index (χ0v) is 15.2. The lowest BCUT2D eigenvalue weighted by molar-refractivity contribution is 0.0570. The minimum atomic E-state index is -0.0372. The normalized spacial score (nSPS) is 23.9. The van der Waals surface area contributed by atoms with Crippen molar-refractivity contribution in [1.29, 1.82) is 0 Å². The number of carbonyl (C=O) groups excluding carboxylic acids is 1. The van der Waals surface area contributed by atoms with Gasteiger partial charge in [0.15, 0.2) is 0 Å². The summed E-state index contributed by atoms with van der Waals surface area (Å²) in [5.41, 5.74) is 0.705. The van der Waals surface area contributed by atoms with Gasteiger partial charge in [-0.05, 0) is 50.6 Å². The Morgan fingerprint density at radius 1 is 1.16 bits per heavy atom. The Kier molecular flexibility index (Phi) is 4.37. The van der Waals surface area contributed by atoms with Crippen LogP contribution in [-0.2, 0) is 0 Å². The molecule has 1 amide bonds. The first-order valence-corrected chi connectivity index (χ1v) is 9.59. The molecule has 2 aliphatic heterocycles. The third-order valence-corrected chi connectivity index (χ3v) is 6.29. The minimum Gasteiger partial charge on any atom is -0.355 e. The number of hydrogen-bond acceptors (Lipinski definition) is 7. The number of carbonyl (C=O) groups is 1. The quantitative estimate of drug-likeness (QED) is 0.820. The summed E-state index contributed by atoms with van der Waals surface area (Å²) >= 11 is 1.21. The van der Waals surface area contributed by atoms with Crippen molar-refractivity contribution >= 4 is 23.3 Å². The highest BCUT2D eigenvalue weighted by atomic mass is 32.1. The standard InChI is InChI=1S/C17H22N6OS/c1-13-15(25-21-20-13)16(24)23-10-3-5-17(23)4-2-9-22(11-6-17)14-12-18-7-8-19-14/h7-8,12H,2-6,9-11H2,1H3/t17-/m1/s1. The monoisotopic (exact) mass is 358 g/mol. The van der Waals surface area contributed by atoms with Gasteiger partial charge >= 0.3 is 0 Å². The van der Waals surface area contributed by atoms with E-state index < -0.39 is 0 Å². The fourth-order valence-electron chi connectivity index (χ4n) is 4.19. The van der Waals surface area contributed by atoms with E-state index in [2.05, 4.69) is 29.4 Å². The van der Waals surface area contributed by atoms with Crippen molar-refractivity contribution in [1.82, 2.24) is 24.5 Å². The van der Waals surface area contributed by atoms with Crippen LogP contribution in [0.4, 0.5) is 5.82 Å². The van der Waals surface area contributed by atoms with Crippen molar-refractivity contribution in [2.75, 3.05) is 24.5 Å². The van der Waals surface area contributed by atoms with Crippen LogP contribution in [0.5, 0.6) is 0 Å². The largest absolute Gasteiger partial charge is 0.355 e. The van der Waals surface area contributed by atoms with Gasteiger partial charge in [-0.1, -0.05) is 4.49 Å². The van der Waals surface area contributed by atoms with E-state index in [0.29, 0.717) is 4.88 Å². The minimum absolute atomic E-state index is 0.0372. The van der Waals surface area contributed by atoms with Gasteiger partial charge in [-0.3, -0.25) is 9.78 Å². The van der Waals surface area contributed by atoms with Crippen LogP contribution in [0.3, 0.4) is 0 Å². The number of nitrogens with zero attached hydrogens (tertiary/aromatic N) is 6. The molecule has 2 aromatic rings. The summed E-state index contributed by atoms with van der Waals surface area (Å²) in [4.78, 5) is 26.8. The molecule has 2 fully saturated rings. The van der Waals surface area contributed by atoms with Crippen LogP contribution >= 0.6 is 11.5 Å². The van der Waals surface area contributed by atoms with Crippen LogP contribution in [-0.4, -0.2) is 55.5 Å². The summed E-state index contributed by atoms with van der Waals surface area (Å²) in [5.74, 6) is 1.04. The summed E-state index contributed by atoms with van der Waals surface area (Å²) in [7, 11) is 0. The van der Waals surface area contributed by atoms with Crippen LogP contribution in [0.15, 0.2) is 18.6 Å². The predicted octanol–water partition coefficient (Wildman–Crippen LogP) is 2.30. The topological polar surface area (TPSA) is 75.1 Å². The first-order chi connectivity index (χ1) is 12.2. The number of likely N-dealkylation sites (tertiary alicyclic amines) is 1. The Hall–Kier alpha value is -2.09. The van der Waals surface area contributed by atoms with E-state index in [-0.39, 0.29) is 11.4 Å². The molecule has 0 aliphatic carbocycles. The molecule has 7 nitrogen and oxygen atoms in total. The second-order valence-electron chi connectivity index (χ2n) is 6.88. The lowest BCUT2D eigenvalue weighted by Gasteiger charge is -2.38. The molecule has 0 saturated carbocycles. The molecule has 1 atom stereocenters. The molecule has 4 rings (SSSR count). The predicted molar refractivity (Wildman–Crippen MR) is 95.7 cm³/mol. The highest BCUT2D eigenvalue weighted by molar-refractivity contribution is 7.07. The number of anilines is 1. The van der Waals surface area contributed by atoms with Crippen LogP contribution in [0.1, 0.15) is 47.5 Å². The van der Waals surface area contributed by atoms with Crippen LogP contribution in [0.25, 0.3) is 0 Å². The third kappa shape index (κ3) is 2.99. The Morgan fingerprint density at radius 2 is 2.00 bits per heavy atom. The lowest BCUT2D eigenvalue weighted by atomic mass is 9.87. The summed E-state index contributed by atoms with van der Waals surface area (Å²) in [6.07, 6.45) is 10.5. The van der Waals surface area contributed by atoms with Crippen LogP contribution < -0.4 is 4.90 Å². The maximum absolute atomic E-state index is 13.1. The lowest BCUT2D eigenvalue weighted by Crippen LogP contribution is -2.48. The fraction of sp³-hybridized carbons (Fsp3) is 0.588. The maximum atomic E-state index is 13.1. The van der Waals surface area contributed by atoms with Gasteiger partial charge in [-0.2, -0.15) is 0 Å². The first-order valence-electron chi connectivity index (χ1n) is 8.81. The zero-order valence-electron chi connectivity index (χ0n) is 14.4. The third-order valence-electron chi connectivity index (χ3n) is 5.48. The van der Waals surface area contributed by atoms with E-state index in [1.165, 1.54) is 11.5 Å². The SMILES string of the molecule is Cc1nnsc1C(=O)N1CCC[C@@]12CCCN(c1cnccn1)CC2. The van der Waals surface area contributed by atoms with Crippen molar-refractivity contribution in [3.8, 4) is 0 Å². The van der Waals surface area contributed by atoms with E-state index >= 15 is 0 Å². The summed E-state index contributed by atoms with van der Waals surface area (Å²) in [5, 5.41) is 4.01. The van der Waals surface area contributed by atoms with E-state index in [0.717, 1.165) is 63.3 Å². The molecule has 25 heavy (non-hydrogen) atoms. The molecular formula is C17H22N6OS. The van der Waals surface area contributed by atoms with Crippen molar-refractivity contribution in [2.45, 2.75) is 44.6 Å². The molecule has 2 saturated heterocycles. The smallest absolute Gasteiger partial charge is 0.267 e. The zero-order chi connectivity index (χ0) is 17.3. The van der Waals surface area contributed by atoms with Crippen molar-refractivity contribution in [3.63, 3.8) is 0 Å². The van der Waals surface area contributed by atoms with Crippen molar-refractivity contribution < 1.29 is 4.79 Å². The van der Waals surface area contributed by atoms with Gasteiger partial charge in [0.25, 0.3) is 5.91 Å². The van der Waals surface area contributed by atoms with E-state index in [1.807, 2.05) is 13.1 Å². The van der Waals surface area contributed by atoms with Crippen molar-refractivity contribution in [3.05, 3.63) is 29.2 Å². The summed E-state index contributed by atoms with van der Waals surface area (Å²) < 4.78 is 3.94. The van der Waals surface area contributed by atoms with Gasteiger partial charge < -0.3 is 9.80 Å². The number of hydrogen-bond donors (Lipinski definition) is 0. The highest BCUT2D eigenvalue weighted by Gasteiger charge is 2.45. The fourth-order valence-corrected chi connectivity index (χ4v) is 4.79. The molecular weight excluding hydrogens is 336 g/mol. The number of aryl methyl sites for hydroxylation is 1. The second kappa shape index (κ2) is 6.67. The molecule has 0 radical (unpaired) electrons. The molecule has 132 valence electrons. The Labute approximate surface area is 151 Å². The Morgan fingerprint density at radius 3 is 2.72 bits per heavy atom. The highest BCUT2D eigenvalue weighted by Crippen LogP contribution is 2.40. The number of aromatic nitrogens is 4. The molecule has 8 heteroatoms. The van der Waals surface area contributed by atoms with Gasteiger partial charge in [-0.15, -0.1) is 5.10 Å². The molecule has 2 aliphatic rings. The Balaban J connectivity index is 1.54. The average molecular weight is 358 g/mol. The van der Waals surface area contributed by atoms with Gasteiger partial charge in [0.2, 0.25) is 0 Å². The van der Waals surface area contributed by atoms with E-state index in [9.17, 15) is 4.79 Å². The molecule has 0 N–H and O–H groups in total. The number of rotatable bonds is 2. The van der Waals surface area contributed by atoms with Crippen molar-refractivity contribution in [2.24, 2.45) is 0 Å². The van der Waals surface area contributed by atoms with Crippen LogP contribution in [0.2, 0.25) is 0 Å². The van der Waals surface area contributed by atoms with Gasteiger partial charge in [-0.25, -0.2) is 4.98 Å². The number of amides is 1. The molecule has 0 bridgehead atoms. The molecule has 0 aromatic carbocycles. The van der Waals surface area contributed by atoms with Gasteiger partial charge in [0.1, 0.15) is 10.7 Å². The molecule has 4 heterocycles. The van der Waals surface area contributed by atoms with Gasteiger partial charge in [0, 0.05) is 37.6 Å². The first kappa shape index (κ1) is 16.4. The molecule has 0 unspecified atom stereocenters. The Bertz CT molecular complexity index is 751. The average Bonchev–Trinajstić information content (AvgIpc) is 3.18. The van der Waals surface area contributed by atoms with Gasteiger partial charge in [0.05, 0.1) is 11.9 Å². The van der Waals surface area contributed by atoms with E-state index in [4.69, 9.17) is 0 Å². The van der Waals surface area contributed by atoms with Crippen LogP contribution in [0, 0.1) is 6.92 Å². The summed E-state index contributed by atoms with van der Waals surface area (Å²) in [6, 6.07) is 0. The second-order valence-corrected chi connectivity index (χ2v) is 7.63. The van der Waals surface area contributed by atoms with E-state index in [1.54, 1.807) is 12.4 Å². The molecule has 2 aromatic heterocycles. The molecule has 1 spiro atoms. The maximum Gasteiger partial charge on any atom is 0.267 e.